The van der Waals surface area contributed by atoms with Gasteiger partial charge in [-0.05, 0) is 62.2 Å². The van der Waals surface area contributed by atoms with Crippen molar-refractivity contribution in [3.05, 3.63) is 53.5 Å². The van der Waals surface area contributed by atoms with Crippen LogP contribution >= 0.6 is 11.8 Å². The molecule has 170 valence electrons. The highest BCUT2D eigenvalue weighted by Gasteiger charge is 2.20. The minimum absolute atomic E-state index is 0.501. The van der Waals surface area contributed by atoms with Crippen molar-refractivity contribution in [2.75, 3.05) is 32.7 Å². The van der Waals surface area contributed by atoms with Gasteiger partial charge in [0.1, 0.15) is 17.8 Å². The van der Waals surface area contributed by atoms with E-state index in [1.54, 1.807) is 25.1 Å². The summed E-state index contributed by atoms with van der Waals surface area (Å²) in [5, 5.41) is 14.3. The second-order valence-corrected chi connectivity index (χ2v) is 9.39. The summed E-state index contributed by atoms with van der Waals surface area (Å²) in [7, 11) is 1.66. The van der Waals surface area contributed by atoms with Crippen molar-refractivity contribution in [2.45, 2.75) is 36.7 Å². The zero-order valence-electron chi connectivity index (χ0n) is 18.7. The van der Waals surface area contributed by atoms with E-state index in [2.05, 4.69) is 32.3 Å². The molecule has 0 atom stereocenters. The Balaban J connectivity index is 1.16. The fraction of sp³-hybridized carbons (Fsp3) is 0.400. The largest absolute Gasteiger partial charge is 0.497 e. The van der Waals surface area contributed by atoms with Crippen molar-refractivity contribution in [3.8, 4) is 17.6 Å². The van der Waals surface area contributed by atoms with E-state index in [-0.39, 0.29) is 0 Å². The molecule has 3 aromatic rings. The number of methoxy groups -OCH3 is 1. The van der Waals surface area contributed by atoms with Crippen molar-refractivity contribution >= 4 is 22.7 Å². The number of nitrogens with one attached hydrogen (secondary N) is 1. The lowest BCUT2D eigenvalue weighted by Gasteiger charge is -2.32. The van der Waals surface area contributed by atoms with Gasteiger partial charge in [-0.15, -0.1) is 0 Å². The molecule has 5 rings (SSSR count). The molecule has 7 nitrogen and oxygen atoms in total. The SMILES string of the molecule is COc1ccc2ncc(C#N)c(CCN3CCC(NCc4cc5c(cn4)OCS5)CC3)c2c1. The number of pyridine rings is 2. The molecule has 1 saturated heterocycles. The first kappa shape index (κ1) is 22.0. The topological polar surface area (TPSA) is 83.3 Å². The molecule has 0 amide bonds. The second-order valence-electron chi connectivity index (χ2n) is 8.42. The third kappa shape index (κ3) is 4.91. The van der Waals surface area contributed by atoms with Crippen molar-refractivity contribution in [1.82, 2.24) is 20.2 Å². The van der Waals surface area contributed by atoms with Crippen LogP contribution in [0.2, 0.25) is 0 Å². The number of likely N-dealkylation sites (tertiary alicyclic amines) is 1. The molecule has 0 spiro atoms. The summed E-state index contributed by atoms with van der Waals surface area (Å²) in [6.45, 7) is 3.82. The standard InChI is InChI=1S/C25H27N5O2S/c1-31-20-2-3-23-22(11-20)21(17(12-26)13-29-23)6-9-30-7-4-18(5-8-30)27-14-19-10-25-24(15-28-19)32-16-33-25/h2-3,10-11,13,15,18,27H,4-9,14,16H2,1H3. The summed E-state index contributed by atoms with van der Waals surface area (Å²) < 4.78 is 10.9. The number of nitriles is 1. The normalized spacial score (nSPS) is 16.4. The van der Waals surface area contributed by atoms with Gasteiger partial charge in [0.05, 0.1) is 35.0 Å². The average molecular weight is 462 g/mol. The molecule has 0 unspecified atom stereocenters. The first-order chi connectivity index (χ1) is 16.2. The predicted molar refractivity (Wildman–Crippen MR) is 129 cm³/mol. The Bertz CT molecular complexity index is 1190. The van der Waals surface area contributed by atoms with Crippen molar-refractivity contribution < 1.29 is 9.47 Å². The van der Waals surface area contributed by atoms with Gasteiger partial charge in [-0.25, -0.2) is 0 Å². The lowest BCUT2D eigenvalue weighted by molar-refractivity contribution is 0.199. The van der Waals surface area contributed by atoms with Crippen molar-refractivity contribution in [1.29, 1.82) is 5.26 Å². The summed E-state index contributed by atoms with van der Waals surface area (Å²) in [5.41, 5.74) is 3.68. The molecule has 8 heteroatoms. The van der Waals surface area contributed by atoms with Crippen LogP contribution in [0.1, 0.15) is 29.7 Å². The van der Waals surface area contributed by atoms with Gasteiger partial charge in [-0.3, -0.25) is 9.97 Å². The first-order valence-corrected chi connectivity index (χ1v) is 12.3. The molecule has 2 aromatic heterocycles. The lowest BCUT2D eigenvalue weighted by atomic mass is 9.99. The molecular weight excluding hydrogens is 434 g/mol. The minimum atomic E-state index is 0.501. The third-order valence-corrected chi connectivity index (χ3v) is 7.33. The number of nitrogens with zero attached hydrogens (tertiary/aromatic N) is 4. The summed E-state index contributed by atoms with van der Waals surface area (Å²) in [5.74, 6) is 2.37. The van der Waals surface area contributed by atoms with Crippen LogP contribution in [-0.4, -0.2) is 53.6 Å². The van der Waals surface area contributed by atoms with Crippen LogP contribution in [0.25, 0.3) is 10.9 Å². The summed E-state index contributed by atoms with van der Waals surface area (Å²) in [4.78, 5) is 12.6. The molecule has 4 heterocycles. The monoisotopic (exact) mass is 461 g/mol. The molecule has 1 N–H and O–H groups in total. The highest BCUT2D eigenvalue weighted by Crippen LogP contribution is 2.35. The van der Waals surface area contributed by atoms with E-state index in [0.29, 0.717) is 17.5 Å². The molecule has 0 radical (unpaired) electrons. The Morgan fingerprint density at radius 1 is 1.24 bits per heavy atom. The minimum Gasteiger partial charge on any atom is -0.497 e. The van der Waals surface area contributed by atoms with Gasteiger partial charge >= 0.3 is 0 Å². The maximum absolute atomic E-state index is 9.62. The zero-order chi connectivity index (χ0) is 22.6. The number of hydrogen-bond donors (Lipinski definition) is 1. The Kier molecular flexibility index (Phi) is 6.63. The van der Waals surface area contributed by atoms with E-state index < -0.39 is 0 Å². The number of benzene rings is 1. The summed E-state index contributed by atoms with van der Waals surface area (Å²) in [6, 6.07) is 10.8. The molecule has 1 aromatic carbocycles. The molecule has 33 heavy (non-hydrogen) atoms. The number of thioether (sulfide) groups is 1. The molecule has 0 aliphatic carbocycles. The van der Waals surface area contributed by atoms with Crippen LogP contribution in [0.5, 0.6) is 11.5 Å². The maximum atomic E-state index is 9.62. The van der Waals surface area contributed by atoms with E-state index in [1.165, 1.54) is 4.90 Å². The summed E-state index contributed by atoms with van der Waals surface area (Å²) in [6.07, 6.45) is 6.57. The Labute approximate surface area is 198 Å². The van der Waals surface area contributed by atoms with E-state index in [1.807, 2.05) is 24.4 Å². The summed E-state index contributed by atoms with van der Waals surface area (Å²) >= 11 is 1.72. The first-order valence-electron chi connectivity index (χ1n) is 11.3. The van der Waals surface area contributed by atoms with E-state index in [9.17, 15) is 5.26 Å². The van der Waals surface area contributed by atoms with E-state index in [4.69, 9.17) is 9.47 Å². The predicted octanol–water partition coefficient (Wildman–Crippen LogP) is 3.75. The Morgan fingerprint density at radius 2 is 2.12 bits per heavy atom. The van der Waals surface area contributed by atoms with Crippen LogP contribution in [0.4, 0.5) is 0 Å². The third-order valence-electron chi connectivity index (χ3n) is 6.46. The van der Waals surface area contributed by atoms with Crippen LogP contribution < -0.4 is 14.8 Å². The van der Waals surface area contributed by atoms with Gasteiger partial charge in [-0.1, -0.05) is 11.8 Å². The van der Waals surface area contributed by atoms with E-state index in [0.717, 1.165) is 79.1 Å². The number of rotatable bonds is 7. The fourth-order valence-electron chi connectivity index (χ4n) is 4.54. The Hall–Kier alpha value is -2.86. The molecule has 0 saturated carbocycles. The van der Waals surface area contributed by atoms with Crippen molar-refractivity contribution in [3.63, 3.8) is 0 Å². The number of hydrogen-bond acceptors (Lipinski definition) is 8. The smallest absolute Gasteiger partial charge is 0.152 e. The van der Waals surface area contributed by atoms with Gasteiger partial charge in [-0.2, -0.15) is 5.26 Å². The van der Waals surface area contributed by atoms with Gasteiger partial charge in [0.2, 0.25) is 0 Å². The molecule has 2 aliphatic heterocycles. The van der Waals surface area contributed by atoms with Crippen LogP contribution in [-0.2, 0) is 13.0 Å². The number of piperidine rings is 1. The van der Waals surface area contributed by atoms with Crippen LogP contribution in [0.15, 0.2) is 41.6 Å². The highest BCUT2D eigenvalue weighted by molar-refractivity contribution is 7.99. The van der Waals surface area contributed by atoms with E-state index >= 15 is 0 Å². The average Bonchev–Trinajstić information content (AvgIpc) is 3.34. The molecule has 0 bridgehead atoms. The molecular formula is C25H27N5O2S. The maximum Gasteiger partial charge on any atom is 0.152 e. The van der Waals surface area contributed by atoms with Crippen LogP contribution in [0.3, 0.4) is 0 Å². The molecule has 1 fully saturated rings. The number of ether oxygens (including phenoxy) is 2. The second kappa shape index (κ2) is 9.96. The quantitative estimate of drug-likeness (QED) is 0.570. The molecule has 2 aliphatic rings. The highest BCUT2D eigenvalue weighted by atomic mass is 32.2. The lowest BCUT2D eigenvalue weighted by Crippen LogP contribution is -2.43. The van der Waals surface area contributed by atoms with Gasteiger partial charge < -0.3 is 19.7 Å². The Morgan fingerprint density at radius 3 is 2.94 bits per heavy atom. The van der Waals surface area contributed by atoms with Crippen molar-refractivity contribution in [2.24, 2.45) is 0 Å². The van der Waals surface area contributed by atoms with Gasteiger partial charge in [0.25, 0.3) is 0 Å². The van der Waals surface area contributed by atoms with Gasteiger partial charge in [0, 0.05) is 30.7 Å². The van der Waals surface area contributed by atoms with Gasteiger partial charge in [0.15, 0.2) is 5.75 Å². The number of aromatic nitrogens is 2. The zero-order valence-corrected chi connectivity index (χ0v) is 19.5. The fourth-order valence-corrected chi connectivity index (χ4v) is 5.32. The number of fused-ring (bicyclic) bond motifs is 2. The van der Waals surface area contributed by atoms with Crippen LogP contribution in [0, 0.1) is 11.3 Å².